The Balaban J connectivity index is 1.01. The van der Waals surface area contributed by atoms with Gasteiger partial charge in [-0.2, -0.15) is 4.98 Å². The lowest BCUT2D eigenvalue weighted by Crippen LogP contribution is -2.61. The molecule has 0 atom stereocenters. The number of aromatic nitrogens is 3. The number of halogens is 1. The molecule has 0 bridgehead atoms. The maximum absolute atomic E-state index is 13.0. The van der Waals surface area contributed by atoms with E-state index in [0.717, 1.165) is 61.6 Å². The molecule has 1 amide bonds. The summed E-state index contributed by atoms with van der Waals surface area (Å²) in [7, 11) is 0. The van der Waals surface area contributed by atoms with Crippen molar-refractivity contribution in [1.82, 2.24) is 24.8 Å². The number of amides is 1. The predicted octanol–water partition coefficient (Wildman–Crippen LogP) is 4.44. The van der Waals surface area contributed by atoms with Crippen LogP contribution < -0.4 is 15.5 Å². The van der Waals surface area contributed by atoms with Crippen LogP contribution in [0, 0.1) is 5.41 Å². The van der Waals surface area contributed by atoms with E-state index < -0.39 is 5.60 Å². The number of aliphatic hydroxyl groups is 1. The first-order chi connectivity index (χ1) is 19.9. The normalized spacial score (nSPS) is 19.8. The average Bonchev–Trinajstić information content (AvgIpc) is 3.40. The van der Waals surface area contributed by atoms with Crippen molar-refractivity contribution in [3.05, 3.63) is 83.0 Å². The number of anilines is 3. The van der Waals surface area contributed by atoms with Gasteiger partial charge in [0, 0.05) is 54.1 Å². The lowest BCUT2D eigenvalue weighted by Gasteiger charge is -2.52. The fourth-order valence-electron chi connectivity index (χ4n) is 6.55. The summed E-state index contributed by atoms with van der Waals surface area (Å²) in [6, 6.07) is 19.0. The predicted molar refractivity (Wildman–Crippen MR) is 160 cm³/mol. The number of carbonyl (C=O) groups excluding carboxylic acids is 1. The van der Waals surface area contributed by atoms with Crippen LogP contribution in [0.15, 0.2) is 66.9 Å². The molecule has 3 fully saturated rings. The van der Waals surface area contributed by atoms with Crippen molar-refractivity contribution in [2.75, 3.05) is 49.5 Å². The lowest BCUT2D eigenvalue weighted by atomic mass is 9.72. The van der Waals surface area contributed by atoms with Crippen molar-refractivity contribution in [3.63, 3.8) is 0 Å². The average molecular weight is 572 g/mol. The second kappa shape index (κ2) is 10.3. The van der Waals surface area contributed by atoms with Crippen LogP contribution in [0.1, 0.15) is 41.6 Å². The fraction of sp³-hybridized carbons (Fsp3) is 0.387. The summed E-state index contributed by atoms with van der Waals surface area (Å²) in [5.74, 6) is 0.586. The summed E-state index contributed by atoms with van der Waals surface area (Å²) >= 11 is 6.04. The van der Waals surface area contributed by atoms with E-state index in [1.807, 2.05) is 71.8 Å². The largest absolute Gasteiger partial charge is 0.385 e. The molecule has 0 unspecified atom stereocenters. The van der Waals surface area contributed by atoms with Gasteiger partial charge in [-0.15, -0.1) is 5.10 Å². The Morgan fingerprint density at radius 3 is 2.37 bits per heavy atom. The van der Waals surface area contributed by atoms with Gasteiger partial charge in [-0.3, -0.25) is 4.79 Å². The van der Waals surface area contributed by atoms with Crippen LogP contribution in [-0.4, -0.2) is 69.8 Å². The molecule has 3 saturated heterocycles. The first-order valence-electron chi connectivity index (χ1n) is 14.4. The van der Waals surface area contributed by atoms with E-state index in [1.165, 1.54) is 0 Å². The highest BCUT2D eigenvalue weighted by atomic mass is 35.5. The first-order valence-corrected chi connectivity index (χ1v) is 14.7. The molecule has 0 aliphatic carbocycles. The summed E-state index contributed by atoms with van der Waals surface area (Å²) in [6.45, 7) is 5.20. The molecule has 9 nitrogen and oxygen atoms in total. The molecule has 212 valence electrons. The number of fused-ring (bicyclic) bond motifs is 1. The lowest BCUT2D eigenvalue weighted by molar-refractivity contribution is -0.0113. The van der Waals surface area contributed by atoms with Crippen LogP contribution in [0.3, 0.4) is 0 Å². The van der Waals surface area contributed by atoms with Gasteiger partial charge in [0.05, 0.1) is 11.3 Å². The maximum atomic E-state index is 13.0. The van der Waals surface area contributed by atoms with E-state index in [-0.39, 0.29) is 5.91 Å². The number of pyridine rings is 1. The number of hydrogen-bond acceptors (Lipinski definition) is 7. The van der Waals surface area contributed by atoms with Crippen LogP contribution >= 0.6 is 11.6 Å². The van der Waals surface area contributed by atoms with E-state index in [9.17, 15) is 9.90 Å². The highest BCUT2D eigenvalue weighted by Gasteiger charge is 2.45. The van der Waals surface area contributed by atoms with Crippen molar-refractivity contribution in [1.29, 1.82) is 0 Å². The zero-order valence-electron chi connectivity index (χ0n) is 22.9. The molecule has 2 aromatic carbocycles. The monoisotopic (exact) mass is 571 g/mol. The Morgan fingerprint density at radius 1 is 0.951 bits per heavy atom. The molecule has 3 aliphatic heterocycles. The summed E-state index contributed by atoms with van der Waals surface area (Å²) in [6.07, 6.45) is 5.40. The van der Waals surface area contributed by atoms with Crippen molar-refractivity contribution < 1.29 is 9.90 Å². The third-order valence-corrected chi connectivity index (χ3v) is 9.30. The Morgan fingerprint density at radius 2 is 1.66 bits per heavy atom. The van der Waals surface area contributed by atoms with Crippen LogP contribution in [-0.2, 0) is 5.60 Å². The number of likely N-dealkylation sites (tertiary alicyclic amines) is 1. The summed E-state index contributed by atoms with van der Waals surface area (Å²) in [5, 5.41) is 23.3. The number of rotatable bonds is 5. The summed E-state index contributed by atoms with van der Waals surface area (Å²) in [4.78, 5) is 22.0. The standard InChI is InChI=1S/C31H34ClN7O2/c32-24-7-5-23(6-8-24)31(41)13-18-37(19-14-31)26-2-1-17-39-27(26)35-29(36-39)34-25-9-3-22(4-10-25)28(40)38-20-30(21-38)11-15-33-16-12-30/h1-10,17,33,41H,11-16,18-21H2,(H,34,36). The van der Waals surface area contributed by atoms with Gasteiger partial charge in [0.1, 0.15) is 0 Å². The molecule has 3 N–H and O–H groups in total. The number of piperidine rings is 2. The van der Waals surface area contributed by atoms with Gasteiger partial charge in [0.2, 0.25) is 5.95 Å². The topological polar surface area (TPSA) is 98.0 Å². The van der Waals surface area contributed by atoms with E-state index in [4.69, 9.17) is 16.6 Å². The minimum atomic E-state index is -0.871. The van der Waals surface area contributed by atoms with E-state index in [2.05, 4.69) is 20.6 Å². The number of hydrogen-bond donors (Lipinski definition) is 3. The van der Waals surface area contributed by atoms with Gasteiger partial charge in [0.25, 0.3) is 5.91 Å². The molecule has 41 heavy (non-hydrogen) atoms. The fourth-order valence-corrected chi connectivity index (χ4v) is 6.67. The molecule has 0 saturated carbocycles. The maximum Gasteiger partial charge on any atom is 0.253 e. The van der Waals surface area contributed by atoms with Crippen molar-refractivity contribution in [2.45, 2.75) is 31.3 Å². The van der Waals surface area contributed by atoms with Gasteiger partial charge in [0.15, 0.2) is 5.65 Å². The molecule has 1 spiro atoms. The van der Waals surface area contributed by atoms with E-state index in [0.29, 0.717) is 47.9 Å². The van der Waals surface area contributed by atoms with Gasteiger partial charge in [-0.1, -0.05) is 23.7 Å². The van der Waals surface area contributed by atoms with Gasteiger partial charge < -0.3 is 25.5 Å². The molecule has 2 aromatic heterocycles. The van der Waals surface area contributed by atoms with Gasteiger partial charge >= 0.3 is 0 Å². The summed E-state index contributed by atoms with van der Waals surface area (Å²) in [5.41, 5.74) is 3.61. The summed E-state index contributed by atoms with van der Waals surface area (Å²) < 4.78 is 1.77. The second-order valence-electron chi connectivity index (χ2n) is 11.7. The Kier molecular flexibility index (Phi) is 6.60. The molecule has 5 heterocycles. The van der Waals surface area contributed by atoms with Crippen LogP contribution in [0.5, 0.6) is 0 Å². The molecular weight excluding hydrogens is 538 g/mol. The number of carbonyl (C=O) groups is 1. The van der Waals surface area contributed by atoms with E-state index in [1.54, 1.807) is 4.52 Å². The number of nitrogens with zero attached hydrogens (tertiary/aromatic N) is 5. The third-order valence-electron chi connectivity index (χ3n) is 9.05. The molecule has 0 radical (unpaired) electrons. The Hall–Kier alpha value is -3.66. The second-order valence-corrected chi connectivity index (χ2v) is 12.2. The molecule has 3 aliphatic rings. The van der Waals surface area contributed by atoms with E-state index >= 15 is 0 Å². The quantitative estimate of drug-likeness (QED) is 0.326. The Bertz CT molecular complexity index is 1550. The molecule has 10 heteroatoms. The number of nitrogens with one attached hydrogen (secondary N) is 2. The van der Waals surface area contributed by atoms with Crippen LogP contribution in [0.2, 0.25) is 5.02 Å². The highest BCUT2D eigenvalue weighted by Crippen LogP contribution is 2.39. The van der Waals surface area contributed by atoms with Crippen LogP contribution in [0.25, 0.3) is 5.65 Å². The van der Waals surface area contributed by atoms with Crippen LogP contribution in [0.4, 0.5) is 17.3 Å². The zero-order valence-corrected chi connectivity index (χ0v) is 23.6. The number of benzene rings is 2. The van der Waals surface area contributed by atoms with Crippen molar-refractivity contribution in [3.8, 4) is 0 Å². The minimum Gasteiger partial charge on any atom is -0.385 e. The molecule has 7 rings (SSSR count). The SMILES string of the molecule is O=C(c1ccc(Nc2nc3c(N4CCC(O)(c5ccc(Cl)cc5)CC4)cccn3n2)cc1)N1CC2(CCNCC2)C1. The smallest absolute Gasteiger partial charge is 0.253 e. The minimum absolute atomic E-state index is 0.0979. The van der Waals surface area contributed by atoms with Gasteiger partial charge in [-0.25, -0.2) is 4.52 Å². The molecular formula is C31H34ClN7O2. The Labute approximate surface area is 244 Å². The third kappa shape index (κ3) is 5.03. The molecule has 4 aromatic rings. The zero-order chi connectivity index (χ0) is 28.0. The highest BCUT2D eigenvalue weighted by molar-refractivity contribution is 6.30. The van der Waals surface area contributed by atoms with Gasteiger partial charge in [-0.05, 0) is 92.9 Å². The van der Waals surface area contributed by atoms with Crippen molar-refractivity contribution in [2.24, 2.45) is 5.41 Å². The first kappa shape index (κ1) is 26.3. The van der Waals surface area contributed by atoms with Crippen molar-refractivity contribution >= 4 is 40.5 Å².